The summed E-state index contributed by atoms with van der Waals surface area (Å²) in [6.07, 6.45) is 3.18. The number of benzene rings is 1. The summed E-state index contributed by atoms with van der Waals surface area (Å²) in [5, 5.41) is 0. The molecule has 0 saturated heterocycles. The van der Waals surface area contributed by atoms with Gasteiger partial charge in [0, 0.05) is 10.4 Å². The second kappa shape index (κ2) is 6.31. The molecule has 0 N–H and O–H groups in total. The number of unbranched alkanes of at least 4 members (excludes halogenated alkanes) is 1. The molecule has 3 heteroatoms. The van der Waals surface area contributed by atoms with Gasteiger partial charge in [0.15, 0.2) is 0 Å². The molecule has 1 aromatic rings. The summed E-state index contributed by atoms with van der Waals surface area (Å²) in [5.74, 6) is 1.69. The molecule has 1 aromatic carbocycles. The highest BCUT2D eigenvalue weighted by molar-refractivity contribution is 9.10. The molecule has 0 aliphatic rings. The summed E-state index contributed by atoms with van der Waals surface area (Å²) in [6, 6.07) is 6.08. The summed E-state index contributed by atoms with van der Waals surface area (Å²) in [6.45, 7) is 0. The van der Waals surface area contributed by atoms with Crippen molar-refractivity contribution in [1.82, 2.24) is 0 Å². The highest BCUT2D eigenvalue weighted by atomic mass is 79.9. The second-order valence-electron chi connectivity index (χ2n) is 3.10. The van der Waals surface area contributed by atoms with Gasteiger partial charge in [0.1, 0.15) is 5.75 Å². The molecule has 1 rings (SSSR count). The molecule has 0 spiro atoms. The molecule has 0 aliphatic heterocycles. The largest absolute Gasteiger partial charge is 0.496 e. The van der Waals surface area contributed by atoms with Gasteiger partial charge >= 0.3 is 0 Å². The van der Waals surface area contributed by atoms with Crippen molar-refractivity contribution in [2.75, 3.05) is 13.0 Å². The Hall–Kier alpha value is -0.210. The van der Waals surface area contributed by atoms with E-state index in [0.29, 0.717) is 0 Å². The Bertz CT molecular complexity index is 289. The Morgan fingerprint density at radius 2 is 2.14 bits per heavy atom. The first-order valence-corrected chi connectivity index (χ1v) is 5.99. The molecule has 78 valence electrons. The van der Waals surface area contributed by atoms with Gasteiger partial charge in [0.25, 0.3) is 0 Å². The maximum atomic E-state index is 5.63. The van der Waals surface area contributed by atoms with Crippen LogP contribution in [0.2, 0.25) is 0 Å². The smallest absolute Gasteiger partial charge is 0.122 e. The third-order valence-corrected chi connectivity index (χ3v) is 2.83. The van der Waals surface area contributed by atoms with Gasteiger partial charge in [0.2, 0.25) is 0 Å². The minimum atomic E-state index is 0.732. The lowest BCUT2D eigenvalue weighted by molar-refractivity contribution is 0.409. The van der Waals surface area contributed by atoms with E-state index in [1.807, 2.05) is 12.1 Å². The average Bonchev–Trinajstić information content (AvgIpc) is 2.19. The van der Waals surface area contributed by atoms with Crippen molar-refractivity contribution < 1.29 is 4.74 Å². The van der Waals surface area contributed by atoms with Gasteiger partial charge in [-0.15, -0.1) is 11.6 Å². The number of hydrogen-bond acceptors (Lipinski definition) is 1. The van der Waals surface area contributed by atoms with Crippen molar-refractivity contribution in [2.45, 2.75) is 19.3 Å². The van der Waals surface area contributed by atoms with Crippen molar-refractivity contribution >= 4 is 27.5 Å². The molecule has 14 heavy (non-hydrogen) atoms. The van der Waals surface area contributed by atoms with Gasteiger partial charge in [-0.1, -0.05) is 15.9 Å². The van der Waals surface area contributed by atoms with Crippen LogP contribution in [-0.4, -0.2) is 13.0 Å². The molecular weight excluding hydrogens is 263 g/mol. The van der Waals surface area contributed by atoms with Crippen molar-refractivity contribution in [1.29, 1.82) is 0 Å². The first-order chi connectivity index (χ1) is 6.77. The minimum absolute atomic E-state index is 0.732. The van der Waals surface area contributed by atoms with E-state index in [-0.39, 0.29) is 0 Å². The monoisotopic (exact) mass is 276 g/mol. The zero-order valence-electron chi connectivity index (χ0n) is 8.22. The van der Waals surface area contributed by atoms with Crippen LogP contribution in [0.25, 0.3) is 0 Å². The summed E-state index contributed by atoms with van der Waals surface area (Å²) in [4.78, 5) is 0. The third kappa shape index (κ3) is 3.50. The SMILES string of the molecule is COc1ccc(Br)cc1CCCCCl. The highest BCUT2D eigenvalue weighted by Crippen LogP contribution is 2.24. The first kappa shape index (κ1) is 11.9. The van der Waals surface area contributed by atoms with Gasteiger partial charge in [0.05, 0.1) is 7.11 Å². The van der Waals surface area contributed by atoms with E-state index in [9.17, 15) is 0 Å². The fourth-order valence-corrected chi connectivity index (χ4v) is 1.95. The Morgan fingerprint density at radius 3 is 2.79 bits per heavy atom. The van der Waals surface area contributed by atoms with Crippen molar-refractivity contribution in [3.8, 4) is 5.75 Å². The van der Waals surface area contributed by atoms with Crippen LogP contribution in [0.15, 0.2) is 22.7 Å². The molecule has 1 nitrogen and oxygen atoms in total. The van der Waals surface area contributed by atoms with Crippen LogP contribution >= 0.6 is 27.5 Å². The number of hydrogen-bond donors (Lipinski definition) is 0. The maximum Gasteiger partial charge on any atom is 0.122 e. The molecule has 0 bridgehead atoms. The van der Waals surface area contributed by atoms with Gasteiger partial charge < -0.3 is 4.74 Å². The molecule has 0 saturated carbocycles. The maximum absolute atomic E-state index is 5.63. The lowest BCUT2D eigenvalue weighted by Crippen LogP contribution is -1.92. The average molecular weight is 278 g/mol. The number of ether oxygens (including phenoxy) is 1. The molecular formula is C11H14BrClO. The van der Waals surface area contributed by atoms with E-state index in [4.69, 9.17) is 16.3 Å². The molecule has 0 unspecified atom stereocenters. The van der Waals surface area contributed by atoms with E-state index in [1.165, 1.54) is 5.56 Å². The molecule has 0 aromatic heterocycles. The fourth-order valence-electron chi connectivity index (χ4n) is 1.35. The van der Waals surface area contributed by atoms with Gasteiger partial charge in [-0.3, -0.25) is 0 Å². The Kier molecular flexibility index (Phi) is 5.34. The minimum Gasteiger partial charge on any atom is -0.496 e. The molecule has 0 radical (unpaired) electrons. The lowest BCUT2D eigenvalue weighted by atomic mass is 10.1. The van der Waals surface area contributed by atoms with Crippen LogP contribution < -0.4 is 4.74 Å². The highest BCUT2D eigenvalue weighted by Gasteiger charge is 2.02. The standard InChI is InChI=1S/C11H14BrClO/c1-14-11-6-5-10(12)8-9(11)4-2-3-7-13/h5-6,8H,2-4,7H2,1H3. The molecule has 0 atom stereocenters. The molecule has 0 heterocycles. The summed E-state index contributed by atoms with van der Waals surface area (Å²) in [7, 11) is 1.70. The fraction of sp³-hybridized carbons (Fsp3) is 0.455. The number of methoxy groups -OCH3 is 1. The van der Waals surface area contributed by atoms with E-state index in [2.05, 4.69) is 22.0 Å². The van der Waals surface area contributed by atoms with Crippen LogP contribution in [-0.2, 0) is 6.42 Å². The number of alkyl halides is 1. The van der Waals surface area contributed by atoms with Crippen molar-refractivity contribution in [3.05, 3.63) is 28.2 Å². The number of aryl methyl sites for hydroxylation is 1. The van der Waals surface area contributed by atoms with E-state index in [1.54, 1.807) is 7.11 Å². The lowest BCUT2D eigenvalue weighted by Gasteiger charge is -2.08. The molecule has 0 amide bonds. The van der Waals surface area contributed by atoms with Crippen LogP contribution in [0.4, 0.5) is 0 Å². The van der Waals surface area contributed by atoms with E-state index in [0.717, 1.165) is 35.4 Å². The van der Waals surface area contributed by atoms with Crippen molar-refractivity contribution in [2.24, 2.45) is 0 Å². The van der Waals surface area contributed by atoms with Crippen LogP contribution in [0, 0.1) is 0 Å². The topological polar surface area (TPSA) is 9.23 Å². The Labute approximate surface area is 98.5 Å². The number of halogens is 2. The number of rotatable bonds is 5. The van der Waals surface area contributed by atoms with Gasteiger partial charge in [-0.05, 0) is 43.0 Å². The van der Waals surface area contributed by atoms with Crippen LogP contribution in [0.1, 0.15) is 18.4 Å². The van der Waals surface area contributed by atoms with Crippen LogP contribution in [0.3, 0.4) is 0 Å². The van der Waals surface area contributed by atoms with E-state index >= 15 is 0 Å². The van der Waals surface area contributed by atoms with Crippen molar-refractivity contribution in [3.63, 3.8) is 0 Å². The summed E-state index contributed by atoms with van der Waals surface area (Å²) in [5.41, 5.74) is 1.24. The zero-order valence-corrected chi connectivity index (χ0v) is 10.6. The van der Waals surface area contributed by atoms with Gasteiger partial charge in [-0.25, -0.2) is 0 Å². The quantitative estimate of drug-likeness (QED) is 0.583. The summed E-state index contributed by atoms with van der Waals surface area (Å²) < 4.78 is 6.37. The summed E-state index contributed by atoms with van der Waals surface area (Å²) >= 11 is 9.09. The van der Waals surface area contributed by atoms with E-state index < -0.39 is 0 Å². The molecule has 0 aliphatic carbocycles. The predicted octanol–water partition coefficient (Wildman–Crippen LogP) is 4.02. The zero-order chi connectivity index (χ0) is 10.4. The molecule has 0 fully saturated rings. The Morgan fingerprint density at radius 1 is 1.36 bits per heavy atom. The first-order valence-electron chi connectivity index (χ1n) is 4.66. The Balaban J connectivity index is 2.67. The van der Waals surface area contributed by atoms with Gasteiger partial charge in [-0.2, -0.15) is 0 Å². The third-order valence-electron chi connectivity index (χ3n) is 2.07. The normalized spacial score (nSPS) is 10.2. The van der Waals surface area contributed by atoms with Crippen LogP contribution in [0.5, 0.6) is 5.75 Å². The predicted molar refractivity (Wildman–Crippen MR) is 64.4 cm³/mol. The second-order valence-corrected chi connectivity index (χ2v) is 4.40.